The Bertz CT molecular complexity index is 1050. The van der Waals surface area contributed by atoms with Gasteiger partial charge in [-0.1, -0.05) is 12.1 Å². The topological polar surface area (TPSA) is 118 Å². The average molecular weight is 415 g/mol. The molecule has 3 aromatic rings. The normalized spacial score (nSPS) is 11.0. The molecule has 0 radical (unpaired) electrons. The minimum absolute atomic E-state index is 0.0124. The molecule has 0 saturated heterocycles. The molecule has 0 spiro atoms. The number of rotatable bonds is 4. The zero-order chi connectivity index (χ0) is 18.7. The van der Waals surface area contributed by atoms with Crippen LogP contribution >= 0.6 is 15.9 Å². The van der Waals surface area contributed by atoms with E-state index in [1.54, 1.807) is 24.4 Å². The second-order valence-electron chi connectivity index (χ2n) is 5.20. The molecule has 8 nitrogen and oxygen atoms in total. The smallest absolute Gasteiger partial charge is 0.271 e. The van der Waals surface area contributed by atoms with Crippen LogP contribution in [0.2, 0.25) is 0 Å². The first kappa shape index (κ1) is 17.5. The minimum Gasteiger partial charge on any atom is -0.505 e. The van der Waals surface area contributed by atoms with Crippen molar-refractivity contribution in [2.24, 2.45) is 5.10 Å². The number of hydrogen-bond donors (Lipinski definition) is 2. The maximum Gasteiger partial charge on any atom is 0.271 e. The lowest BCUT2D eigenvalue weighted by atomic mass is 10.1. The van der Waals surface area contributed by atoms with Gasteiger partial charge in [-0.05, 0) is 34.1 Å². The lowest BCUT2D eigenvalue weighted by Crippen LogP contribution is -2.17. The molecule has 0 saturated carbocycles. The van der Waals surface area contributed by atoms with Crippen LogP contribution in [0.4, 0.5) is 5.69 Å². The quantitative estimate of drug-likeness (QED) is 0.385. The first-order valence-corrected chi connectivity index (χ1v) is 8.10. The summed E-state index contributed by atoms with van der Waals surface area (Å²) in [4.78, 5) is 26.4. The Morgan fingerprint density at radius 3 is 2.88 bits per heavy atom. The largest absolute Gasteiger partial charge is 0.505 e. The van der Waals surface area contributed by atoms with E-state index >= 15 is 0 Å². The van der Waals surface area contributed by atoms with E-state index in [2.05, 4.69) is 31.4 Å². The van der Waals surface area contributed by atoms with Crippen molar-refractivity contribution in [1.29, 1.82) is 0 Å². The van der Waals surface area contributed by atoms with Crippen LogP contribution in [0.5, 0.6) is 5.75 Å². The number of nitro groups is 1. The Morgan fingerprint density at radius 2 is 2.12 bits per heavy atom. The lowest BCUT2D eigenvalue weighted by Gasteiger charge is -2.06. The standard InChI is InChI=1S/C17H11BrN4O4/c18-14-8-11(13-5-2-6-19-15(13)16(14)23)9-20-21-17(24)10-3-1-4-12(7-10)22(25)26/h1-9,23H,(H,21,24)/b20-9-. The molecular weight excluding hydrogens is 404 g/mol. The number of pyridine rings is 1. The number of phenols is 1. The average Bonchev–Trinajstić information content (AvgIpc) is 2.65. The van der Waals surface area contributed by atoms with Crippen molar-refractivity contribution in [3.05, 3.63) is 74.4 Å². The predicted molar refractivity (Wildman–Crippen MR) is 99.3 cm³/mol. The molecule has 26 heavy (non-hydrogen) atoms. The summed E-state index contributed by atoms with van der Waals surface area (Å²) in [5.74, 6) is -0.566. The maximum absolute atomic E-state index is 12.1. The number of benzene rings is 2. The van der Waals surface area contributed by atoms with E-state index in [0.29, 0.717) is 20.9 Å². The minimum atomic E-state index is -0.578. The number of nitro benzene ring substituents is 1. The molecule has 1 amide bonds. The number of hydrogen-bond acceptors (Lipinski definition) is 6. The number of nitrogens with zero attached hydrogens (tertiary/aromatic N) is 3. The van der Waals surface area contributed by atoms with Crippen LogP contribution in [0.25, 0.3) is 10.9 Å². The Kier molecular flexibility index (Phi) is 4.90. The summed E-state index contributed by atoms with van der Waals surface area (Å²) < 4.78 is 0.440. The molecule has 130 valence electrons. The van der Waals surface area contributed by atoms with Gasteiger partial charge in [-0.2, -0.15) is 5.10 Å². The predicted octanol–water partition coefficient (Wildman–Crippen LogP) is 3.38. The van der Waals surface area contributed by atoms with Gasteiger partial charge in [-0.15, -0.1) is 0 Å². The highest BCUT2D eigenvalue weighted by Gasteiger charge is 2.12. The van der Waals surface area contributed by atoms with Crippen LogP contribution < -0.4 is 5.43 Å². The number of fused-ring (bicyclic) bond motifs is 1. The van der Waals surface area contributed by atoms with Crippen LogP contribution in [0, 0.1) is 10.1 Å². The van der Waals surface area contributed by atoms with Crippen molar-refractivity contribution in [2.75, 3.05) is 0 Å². The molecule has 1 aromatic heterocycles. The Labute approximate surface area is 155 Å². The van der Waals surface area contributed by atoms with Gasteiger partial charge in [0, 0.05) is 34.8 Å². The molecule has 2 aromatic carbocycles. The lowest BCUT2D eigenvalue weighted by molar-refractivity contribution is -0.384. The van der Waals surface area contributed by atoms with Crippen molar-refractivity contribution in [3.63, 3.8) is 0 Å². The summed E-state index contributed by atoms with van der Waals surface area (Å²) >= 11 is 3.24. The number of halogens is 1. The van der Waals surface area contributed by atoms with Crippen molar-refractivity contribution in [1.82, 2.24) is 10.4 Å². The molecule has 0 bridgehead atoms. The number of carbonyl (C=O) groups excluding carboxylic acids is 1. The zero-order valence-corrected chi connectivity index (χ0v) is 14.7. The number of non-ortho nitro benzene ring substituents is 1. The highest BCUT2D eigenvalue weighted by Crippen LogP contribution is 2.33. The molecule has 0 aliphatic carbocycles. The van der Waals surface area contributed by atoms with Crippen molar-refractivity contribution < 1.29 is 14.8 Å². The first-order valence-electron chi connectivity index (χ1n) is 7.31. The molecule has 0 fully saturated rings. The van der Waals surface area contributed by atoms with Crippen LogP contribution in [0.3, 0.4) is 0 Å². The molecular formula is C17H11BrN4O4. The van der Waals surface area contributed by atoms with Gasteiger partial charge in [0.25, 0.3) is 11.6 Å². The molecule has 0 unspecified atom stereocenters. The van der Waals surface area contributed by atoms with Gasteiger partial charge in [-0.25, -0.2) is 5.43 Å². The highest BCUT2D eigenvalue weighted by atomic mass is 79.9. The first-order chi connectivity index (χ1) is 12.5. The molecule has 1 heterocycles. The van der Waals surface area contributed by atoms with E-state index in [-0.39, 0.29) is 17.0 Å². The molecule has 2 N–H and O–H groups in total. The van der Waals surface area contributed by atoms with Gasteiger partial charge in [0.15, 0.2) is 5.75 Å². The molecule has 0 aliphatic heterocycles. The summed E-state index contributed by atoms with van der Waals surface area (Å²) in [6.45, 7) is 0. The van der Waals surface area contributed by atoms with E-state index in [9.17, 15) is 20.0 Å². The van der Waals surface area contributed by atoms with Crippen LogP contribution in [-0.4, -0.2) is 27.1 Å². The third kappa shape index (κ3) is 3.52. The van der Waals surface area contributed by atoms with E-state index in [1.165, 1.54) is 30.5 Å². The van der Waals surface area contributed by atoms with Gasteiger partial charge in [0.1, 0.15) is 5.52 Å². The maximum atomic E-state index is 12.1. The van der Waals surface area contributed by atoms with Gasteiger partial charge in [-0.3, -0.25) is 19.9 Å². The SMILES string of the molecule is O=C(N/N=C\c1cc(Br)c(O)c2ncccc12)c1cccc([N+](=O)[O-])c1. The van der Waals surface area contributed by atoms with Crippen molar-refractivity contribution in [2.45, 2.75) is 0 Å². The highest BCUT2D eigenvalue weighted by molar-refractivity contribution is 9.10. The molecule has 0 atom stereocenters. The third-order valence-corrected chi connectivity index (χ3v) is 4.14. The summed E-state index contributed by atoms with van der Waals surface area (Å²) in [6, 6.07) is 10.5. The fraction of sp³-hybridized carbons (Fsp3) is 0. The summed E-state index contributed by atoms with van der Waals surface area (Å²) in [7, 11) is 0. The third-order valence-electron chi connectivity index (χ3n) is 3.54. The van der Waals surface area contributed by atoms with Gasteiger partial charge in [0.2, 0.25) is 0 Å². The summed E-state index contributed by atoms with van der Waals surface area (Å²) in [5.41, 5.74) is 3.28. The summed E-state index contributed by atoms with van der Waals surface area (Å²) in [5, 5.41) is 25.4. The summed E-state index contributed by atoms with van der Waals surface area (Å²) in [6.07, 6.45) is 2.96. The second-order valence-corrected chi connectivity index (χ2v) is 6.06. The monoisotopic (exact) mass is 414 g/mol. The van der Waals surface area contributed by atoms with E-state index in [1.807, 2.05) is 0 Å². The van der Waals surface area contributed by atoms with E-state index in [0.717, 1.165) is 0 Å². The van der Waals surface area contributed by atoms with Gasteiger partial charge < -0.3 is 5.11 Å². The number of aromatic nitrogens is 1. The number of carbonyl (C=O) groups is 1. The fourth-order valence-corrected chi connectivity index (χ4v) is 2.75. The number of phenolic OH excluding ortho intramolecular Hbond substituents is 1. The van der Waals surface area contributed by atoms with E-state index in [4.69, 9.17) is 0 Å². The molecule has 0 aliphatic rings. The number of nitrogens with one attached hydrogen (secondary N) is 1. The fourth-order valence-electron chi connectivity index (χ4n) is 2.32. The van der Waals surface area contributed by atoms with Gasteiger partial charge >= 0.3 is 0 Å². The second kappa shape index (κ2) is 7.28. The number of aromatic hydroxyl groups is 1. The Morgan fingerprint density at radius 1 is 1.31 bits per heavy atom. The molecule has 3 rings (SSSR count). The number of hydrazone groups is 1. The van der Waals surface area contributed by atoms with Crippen LogP contribution in [0.15, 0.2) is 58.2 Å². The Hall–Kier alpha value is -3.33. The van der Waals surface area contributed by atoms with Crippen LogP contribution in [0.1, 0.15) is 15.9 Å². The molecule has 9 heteroatoms. The van der Waals surface area contributed by atoms with Gasteiger partial charge in [0.05, 0.1) is 15.6 Å². The number of amides is 1. The van der Waals surface area contributed by atoms with E-state index < -0.39 is 10.8 Å². The van der Waals surface area contributed by atoms with Crippen molar-refractivity contribution >= 4 is 44.6 Å². The zero-order valence-electron chi connectivity index (χ0n) is 13.1. The Balaban J connectivity index is 1.84. The van der Waals surface area contributed by atoms with Crippen molar-refractivity contribution in [3.8, 4) is 5.75 Å². The van der Waals surface area contributed by atoms with Crippen LogP contribution in [-0.2, 0) is 0 Å².